The van der Waals surface area contributed by atoms with Crippen molar-refractivity contribution in [3.8, 4) is 5.75 Å². The smallest absolute Gasteiger partial charge is 0.282 e. The van der Waals surface area contributed by atoms with Gasteiger partial charge in [-0.15, -0.1) is 0 Å². The number of benzene rings is 3. The van der Waals surface area contributed by atoms with Crippen LogP contribution in [0.25, 0.3) is 6.08 Å². The van der Waals surface area contributed by atoms with Gasteiger partial charge < -0.3 is 4.74 Å². The lowest BCUT2D eigenvalue weighted by Gasteiger charge is -2.19. The number of ether oxygens (including phenoxy) is 1. The molecule has 0 spiro atoms. The van der Waals surface area contributed by atoms with E-state index < -0.39 is 0 Å². The largest absolute Gasteiger partial charge is 0.497 e. The van der Waals surface area contributed by atoms with Crippen LogP contribution in [0.15, 0.2) is 94.0 Å². The van der Waals surface area contributed by atoms with Gasteiger partial charge in [0.2, 0.25) is 0 Å². The molecule has 0 radical (unpaired) electrons. The zero-order valence-corrected chi connectivity index (χ0v) is 16.8. The highest BCUT2D eigenvalue weighted by atomic mass is 79.9. The summed E-state index contributed by atoms with van der Waals surface area (Å²) in [6, 6.07) is 24.8. The molecule has 28 heavy (non-hydrogen) atoms. The Balaban J connectivity index is 1.84. The van der Waals surface area contributed by atoms with Crippen LogP contribution in [0, 0.1) is 0 Å². The third-order valence-corrected chi connectivity index (χ3v) is 5.08. The quantitative estimate of drug-likeness (QED) is 0.525. The van der Waals surface area contributed by atoms with E-state index in [0.29, 0.717) is 11.5 Å². The zero-order chi connectivity index (χ0) is 19.5. The van der Waals surface area contributed by atoms with Crippen LogP contribution in [0.2, 0.25) is 0 Å². The summed E-state index contributed by atoms with van der Waals surface area (Å²) < 4.78 is 6.16. The van der Waals surface area contributed by atoms with Crippen molar-refractivity contribution in [3.05, 3.63) is 100 Å². The molecule has 4 rings (SSSR count). The molecule has 138 valence electrons. The normalized spacial score (nSPS) is 15.1. The molecule has 1 aliphatic heterocycles. The van der Waals surface area contributed by atoms with Crippen molar-refractivity contribution in [1.82, 2.24) is 0 Å². The molecule has 5 heteroatoms. The van der Waals surface area contributed by atoms with Gasteiger partial charge in [-0.3, -0.25) is 9.69 Å². The van der Waals surface area contributed by atoms with E-state index in [1.54, 1.807) is 18.1 Å². The van der Waals surface area contributed by atoms with Crippen LogP contribution in [-0.2, 0) is 4.79 Å². The van der Waals surface area contributed by atoms with Crippen LogP contribution in [-0.4, -0.2) is 18.9 Å². The maximum absolute atomic E-state index is 13.3. The van der Waals surface area contributed by atoms with Crippen LogP contribution in [0.4, 0.5) is 5.69 Å². The van der Waals surface area contributed by atoms with E-state index in [1.165, 1.54) is 0 Å². The van der Waals surface area contributed by atoms with Crippen LogP contribution < -0.4 is 9.64 Å². The summed E-state index contributed by atoms with van der Waals surface area (Å²) in [5, 5.41) is 0. The number of hydrogen-bond donors (Lipinski definition) is 0. The van der Waals surface area contributed by atoms with Crippen LogP contribution in [0.1, 0.15) is 11.1 Å². The second-order valence-electron chi connectivity index (χ2n) is 6.20. The Morgan fingerprint density at radius 2 is 1.71 bits per heavy atom. The summed E-state index contributed by atoms with van der Waals surface area (Å²) in [6.07, 6.45) is 1.78. The van der Waals surface area contributed by atoms with Crippen molar-refractivity contribution in [2.24, 2.45) is 4.99 Å². The van der Waals surface area contributed by atoms with Gasteiger partial charge in [-0.25, -0.2) is 4.99 Å². The molecule has 0 N–H and O–H groups in total. The van der Waals surface area contributed by atoms with Gasteiger partial charge in [0.25, 0.3) is 5.91 Å². The molecule has 1 aliphatic rings. The van der Waals surface area contributed by atoms with Gasteiger partial charge in [-0.2, -0.15) is 0 Å². The minimum atomic E-state index is -0.167. The maximum atomic E-state index is 13.3. The minimum absolute atomic E-state index is 0.167. The highest BCUT2D eigenvalue weighted by molar-refractivity contribution is 9.10. The lowest BCUT2D eigenvalue weighted by molar-refractivity contribution is -0.113. The summed E-state index contributed by atoms with van der Waals surface area (Å²) in [5.41, 5.74) is 2.86. The van der Waals surface area contributed by atoms with E-state index in [1.807, 2.05) is 78.9 Å². The highest BCUT2D eigenvalue weighted by Gasteiger charge is 2.33. The molecule has 1 amide bonds. The SMILES string of the molecule is COc1cccc(/C=C2/N=C(c3ccccc3Br)N(c3ccccc3)C2=O)c1. The Hall–Kier alpha value is -3.18. The number of aliphatic imine (C=N–C) groups is 1. The Kier molecular flexibility index (Phi) is 5.08. The summed E-state index contributed by atoms with van der Waals surface area (Å²) in [7, 11) is 1.62. The maximum Gasteiger partial charge on any atom is 0.282 e. The molecule has 0 fully saturated rings. The van der Waals surface area contributed by atoms with Crippen molar-refractivity contribution >= 4 is 39.4 Å². The van der Waals surface area contributed by atoms with Crippen molar-refractivity contribution in [2.45, 2.75) is 0 Å². The van der Waals surface area contributed by atoms with Gasteiger partial charge in [0, 0.05) is 10.0 Å². The van der Waals surface area contributed by atoms with Crippen LogP contribution in [0.5, 0.6) is 5.75 Å². The third-order valence-electron chi connectivity index (χ3n) is 4.39. The molecule has 3 aromatic carbocycles. The second-order valence-corrected chi connectivity index (χ2v) is 7.05. The van der Waals surface area contributed by atoms with Gasteiger partial charge in [0.15, 0.2) is 0 Å². The van der Waals surface area contributed by atoms with Crippen LogP contribution in [0.3, 0.4) is 0 Å². The first-order valence-corrected chi connectivity index (χ1v) is 9.55. The number of methoxy groups -OCH3 is 1. The van der Waals surface area contributed by atoms with E-state index in [4.69, 9.17) is 9.73 Å². The predicted octanol–water partition coefficient (Wildman–Crippen LogP) is 5.29. The second kappa shape index (κ2) is 7.82. The molecule has 1 heterocycles. The average Bonchev–Trinajstić information content (AvgIpc) is 3.05. The Morgan fingerprint density at radius 1 is 0.964 bits per heavy atom. The Morgan fingerprint density at radius 3 is 2.46 bits per heavy atom. The Bertz CT molecular complexity index is 1090. The number of para-hydroxylation sites is 1. The number of anilines is 1. The lowest BCUT2D eigenvalue weighted by atomic mass is 10.1. The first kappa shape index (κ1) is 18.2. The fraction of sp³-hybridized carbons (Fsp3) is 0.0435. The molecule has 4 nitrogen and oxygen atoms in total. The monoisotopic (exact) mass is 432 g/mol. The number of halogens is 1. The van der Waals surface area contributed by atoms with Crippen molar-refractivity contribution in [3.63, 3.8) is 0 Å². The van der Waals surface area contributed by atoms with E-state index in [-0.39, 0.29) is 5.91 Å². The fourth-order valence-corrected chi connectivity index (χ4v) is 3.51. The van der Waals surface area contributed by atoms with E-state index in [0.717, 1.165) is 27.0 Å². The first-order chi connectivity index (χ1) is 13.7. The van der Waals surface area contributed by atoms with E-state index >= 15 is 0 Å². The van der Waals surface area contributed by atoms with E-state index in [9.17, 15) is 4.79 Å². The third kappa shape index (κ3) is 3.49. The lowest BCUT2D eigenvalue weighted by Crippen LogP contribution is -2.32. The number of amidine groups is 1. The number of nitrogens with zero attached hydrogens (tertiary/aromatic N) is 2. The summed E-state index contributed by atoms with van der Waals surface area (Å²) in [5.74, 6) is 1.16. The minimum Gasteiger partial charge on any atom is -0.497 e. The van der Waals surface area contributed by atoms with Gasteiger partial charge in [0.05, 0.1) is 12.8 Å². The molecule has 0 atom stereocenters. The Labute approximate surface area is 171 Å². The first-order valence-electron chi connectivity index (χ1n) is 8.76. The predicted molar refractivity (Wildman–Crippen MR) is 116 cm³/mol. The number of hydrogen-bond acceptors (Lipinski definition) is 3. The summed E-state index contributed by atoms with van der Waals surface area (Å²) in [4.78, 5) is 19.6. The van der Waals surface area contributed by atoms with Gasteiger partial charge in [0.1, 0.15) is 17.3 Å². The molecule has 0 aromatic heterocycles. The molecular weight excluding hydrogens is 416 g/mol. The number of amides is 1. The van der Waals surface area contributed by atoms with E-state index in [2.05, 4.69) is 15.9 Å². The topological polar surface area (TPSA) is 41.9 Å². The molecule has 0 saturated heterocycles. The summed E-state index contributed by atoms with van der Waals surface area (Å²) >= 11 is 3.58. The fourth-order valence-electron chi connectivity index (χ4n) is 3.05. The van der Waals surface area contributed by atoms with Crippen LogP contribution >= 0.6 is 15.9 Å². The number of rotatable bonds is 4. The average molecular weight is 433 g/mol. The zero-order valence-electron chi connectivity index (χ0n) is 15.2. The standard InChI is InChI=1S/C23H17BrN2O2/c1-28-18-11-7-8-16(14-18)15-21-23(27)26(17-9-3-2-4-10-17)22(25-21)19-12-5-6-13-20(19)24/h2-15H,1H3/b21-15+. The number of carbonyl (C=O) groups excluding carboxylic acids is 1. The van der Waals surface area contributed by atoms with Gasteiger partial charge in [-0.1, -0.05) is 64.5 Å². The molecule has 0 saturated carbocycles. The summed E-state index contributed by atoms with van der Waals surface area (Å²) in [6.45, 7) is 0. The van der Waals surface area contributed by atoms with Crippen molar-refractivity contribution in [1.29, 1.82) is 0 Å². The van der Waals surface area contributed by atoms with Crippen molar-refractivity contribution in [2.75, 3.05) is 12.0 Å². The molecule has 0 aliphatic carbocycles. The highest BCUT2D eigenvalue weighted by Crippen LogP contribution is 2.30. The van der Waals surface area contributed by atoms with Crippen molar-refractivity contribution < 1.29 is 9.53 Å². The van der Waals surface area contributed by atoms with Gasteiger partial charge >= 0.3 is 0 Å². The molecule has 3 aromatic rings. The molecule has 0 bridgehead atoms. The number of carbonyl (C=O) groups is 1. The van der Waals surface area contributed by atoms with Gasteiger partial charge in [-0.05, 0) is 42.0 Å². The molecule has 0 unspecified atom stereocenters. The molecular formula is C23H17BrN2O2.